The highest BCUT2D eigenvalue weighted by Gasteiger charge is 2.22. The average molecular weight is 449 g/mol. The van der Waals surface area contributed by atoms with Crippen molar-refractivity contribution in [3.63, 3.8) is 0 Å². The Morgan fingerprint density at radius 1 is 1.00 bits per heavy atom. The molecule has 1 aromatic heterocycles. The number of aromatic amines is 1. The van der Waals surface area contributed by atoms with Gasteiger partial charge in [-0.15, -0.1) is 0 Å². The quantitative estimate of drug-likeness (QED) is 0.605. The minimum atomic E-state index is -0.371. The molecule has 3 aromatic rings. The molecule has 1 aliphatic rings. The molecule has 0 aliphatic heterocycles. The molecule has 172 valence electrons. The summed E-state index contributed by atoms with van der Waals surface area (Å²) in [7, 11) is 1.85. The molecule has 1 fully saturated rings. The first-order valence-electron chi connectivity index (χ1n) is 11.3. The molecule has 0 spiro atoms. The maximum Gasteiger partial charge on any atom is 0.273 e. The lowest BCUT2D eigenvalue weighted by atomic mass is 9.94. The number of fused-ring (bicyclic) bond motifs is 1. The van der Waals surface area contributed by atoms with Crippen molar-refractivity contribution in [1.29, 1.82) is 0 Å². The largest absolute Gasteiger partial charge is 0.339 e. The fraction of sp³-hybridized carbons (Fsp3) is 0.360. The highest BCUT2D eigenvalue weighted by Crippen LogP contribution is 2.23. The molecule has 2 aromatic carbocycles. The Hall–Kier alpha value is -3.68. The van der Waals surface area contributed by atoms with Crippen molar-refractivity contribution in [1.82, 2.24) is 14.7 Å². The molecule has 0 bridgehead atoms. The van der Waals surface area contributed by atoms with Crippen LogP contribution in [0.3, 0.4) is 0 Å². The summed E-state index contributed by atoms with van der Waals surface area (Å²) in [6, 6.07) is 13.7. The van der Waals surface area contributed by atoms with Crippen LogP contribution < -0.4 is 16.4 Å². The number of aromatic nitrogens is 2. The second kappa shape index (κ2) is 9.85. The Bertz CT molecular complexity index is 1270. The van der Waals surface area contributed by atoms with Crippen LogP contribution in [-0.4, -0.2) is 39.6 Å². The third-order valence-electron chi connectivity index (χ3n) is 6.30. The minimum absolute atomic E-state index is 0.0132. The highest BCUT2D eigenvalue weighted by molar-refractivity contribution is 5.96. The fourth-order valence-electron chi connectivity index (χ4n) is 4.37. The standard InChI is InChI=1S/C25H28N4O4/c1-28(19-7-3-2-4-8-19)24(32)17-11-13-18(14-12-17)26-22(30)15-16-29-25(33)21-10-6-5-9-20(21)23(31)27-29/h5-6,9-14,19H,2-4,7-8,15-16H2,1H3,(H,26,30)(H,27,31). The molecular formula is C25H28N4O4. The summed E-state index contributed by atoms with van der Waals surface area (Å²) >= 11 is 0. The molecule has 4 rings (SSSR count). The molecule has 0 saturated heterocycles. The smallest absolute Gasteiger partial charge is 0.273 e. The van der Waals surface area contributed by atoms with Crippen molar-refractivity contribution in [3.05, 3.63) is 74.8 Å². The van der Waals surface area contributed by atoms with Gasteiger partial charge < -0.3 is 10.2 Å². The molecule has 8 nitrogen and oxygen atoms in total. The Kier molecular flexibility index (Phi) is 6.72. The Morgan fingerprint density at radius 3 is 2.36 bits per heavy atom. The van der Waals surface area contributed by atoms with Crippen LogP contribution in [0.5, 0.6) is 0 Å². The van der Waals surface area contributed by atoms with E-state index in [4.69, 9.17) is 0 Å². The molecule has 0 unspecified atom stereocenters. The molecule has 1 aliphatic carbocycles. The number of rotatable bonds is 6. The number of benzene rings is 2. The minimum Gasteiger partial charge on any atom is -0.339 e. The van der Waals surface area contributed by atoms with E-state index in [0.717, 1.165) is 30.4 Å². The molecular weight excluding hydrogens is 420 g/mol. The second-order valence-electron chi connectivity index (χ2n) is 8.53. The van der Waals surface area contributed by atoms with E-state index >= 15 is 0 Å². The van der Waals surface area contributed by atoms with Gasteiger partial charge in [0.2, 0.25) is 5.91 Å². The Balaban J connectivity index is 1.36. The number of carbonyl (C=O) groups excluding carboxylic acids is 2. The lowest BCUT2D eigenvalue weighted by Gasteiger charge is -2.31. The van der Waals surface area contributed by atoms with Crippen LogP contribution in [-0.2, 0) is 11.3 Å². The third-order valence-corrected chi connectivity index (χ3v) is 6.30. The van der Waals surface area contributed by atoms with Crippen LogP contribution >= 0.6 is 0 Å². The summed E-state index contributed by atoms with van der Waals surface area (Å²) in [5.41, 5.74) is 0.435. The maximum absolute atomic E-state index is 12.8. The summed E-state index contributed by atoms with van der Waals surface area (Å²) in [4.78, 5) is 51.7. The number of carbonyl (C=O) groups is 2. The number of nitrogens with one attached hydrogen (secondary N) is 2. The first-order valence-corrected chi connectivity index (χ1v) is 11.3. The van der Waals surface area contributed by atoms with Crippen molar-refractivity contribution in [2.24, 2.45) is 0 Å². The van der Waals surface area contributed by atoms with Gasteiger partial charge in [0.15, 0.2) is 0 Å². The molecule has 1 saturated carbocycles. The van der Waals surface area contributed by atoms with Gasteiger partial charge >= 0.3 is 0 Å². The van der Waals surface area contributed by atoms with Gasteiger partial charge in [0.1, 0.15) is 0 Å². The lowest BCUT2D eigenvalue weighted by molar-refractivity contribution is -0.116. The van der Waals surface area contributed by atoms with E-state index in [2.05, 4.69) is 10.4 Å². The number of aryl methyl sites for hydroxylation is 1. The zero-order chi connectivity index (χ0) is 23.4. The molecule has 8 heteroatoms. The number of nitrogens with zero attached hydrogens (tertiary/aromatic N) is 2. The topological polar surface area (TPSA) is 104 Å². The van der Waals surface area contributed by atoms with Crippen LogP contribution in [0.25, 0.3) is 10.8 Å². The number of hydrogen-bond acceptors (Lipinski definition) is 4. The van der Waals surface area contributed by atoms with Crippen LogP contribution in [0, 0.1) is 0 Å². The van der Waals surface area contributed by atoms with Crippen LogP contribution in [0.15, 0.2) is 58.1 Å². The van der Waals surface area contributed by atoms with Crippen molar-refractivity contribution in [2.75, 3.05) is 12.4 Å². The normalized spacial score (nSPS) is 14.2. The van der Waals surface area contributed by atoms with Gasteiger partial charge in [-0.25, -0.2) is 4.68 Å². The first kappa shape index (κ1) is 22.5. The van der Waals surface area contributed by atoms with Gasteiger partial charge in [-0.2, -0.15) is 0 Å². The summed E-state index contributed by atoms with van der Waals surface area (Å²) in [6.45, 7) is 0.0491. The summed E-state index contributed by atoms with van der Waals surface area (Å²) in [6.07, 6.45) is 5.65. The van der Waals surface area contributed by atoms with Crippen molar-refractivity contribution in [3.8, 4) is 0 Å². The van der Waals surface area contributed by atoms with Crippen molar-refractivity contribution in [2.45, 2.75) is 51.1 Å². The van der Waals surface area contributed by atoms with E-state index in [1.54, 1.807) is 48.5 Å². The predicted molar refractivity (Wildman–Crippen MR) is 127 cm³/mol. The van der Waals surface area contributed by atoms with E-state index < -0.39 is 0 Å². The van der Waals surface area contributed by atoms with Crippen LogP contribution in [0.4, 0.5) is 5.69 Å². The lowest BCUT2D eigenvalue weighted by Crippen LogP contribution is -2.38. The molecule has 33 heavy (non-hydrogen) atoms. The van der Waals surface area contributed by atoms with E-state index in [0.29, 0.717) is 22.0 Å². The Morgan fingerprint density at radius 2 is 1.67 bits per heavy atom. The second-order valence-corrected chi connectivity index (χ2v) is 8.53. The number of amides is 2. The highest BCUT2D eigenvalue weighted by atomic mass is 16.2. The van der Waals surface area contributed by atoms with Gasteiger partial charge in [-0.05, 0) is 49.2 Å². The van der Waals surface area contributed by atoms with Gasteiger partial charge in [-0.1, -0.05) is 31.4 Å². The monoisotopic (exact) mass is 448 g/mol. The van der Waals surface area contributed by atoms with E-state index in [9.17, 15) is 19.2 Å². The molecule has 2 amide bonds. The van der Waals surface area contributed by atoms with Gasteiger partial charge in [0.25, 0.3) is 17.0 Å². The number of anilines is 1. The SMILES string of the molecule is CN(C(=O)c1ccc(NC(=O)CCn2[nH]c(=O)c3ccccc3c2=O)cc1)C1CCCCC1. The van der Waals surface area contributed by atoms with Crippen molar-refractivity contribution >= 4 is 28.3 Å². The van der Waals surface area contributed by atoms with E-state index in [1.807, 2.05) is 11.9 Å². The number of hydrogen-bond donors (Lipinski definition) is 2. The summed E-state index contributed by atoms with van der Waals surface area (Å²) < 4.78 is 1.16. The van der Waals surface area contributed by atoms with Gasteiger partial charge in [0.05, 0.1) is 17.3 Å². The molecule has 2 N–H and O–H groups in total. The van der Waals surface area contributed by atoms with Gasteiger partial charge in [0, 0.05) is 30.8 Å². The fourth-order valence-corrected chi connectivity index (χ4v) is 4.37. The summed E-state index contributed by atoms with van der Waals surface area (Å²) in [5.74, 6) is -0.311. The van der Waals surface area contributed by atoms with Crippen LogP contribution in [0.1, 0.15) is 48.9 Å². The molecule has 1 heterocycles. The Labute approximate surface area is 191 Å². The van der Waals surface area contributed by atoms with E-state index in [-0.39, 0.29) is 41.9 Å². The summed E-state index contributed by atoms with van der Waals surface area (Å²) in [5, 5.41) is 5.94. The van der Waals surface area contributed by atoms with E-state index in [1.165, 1.54) is 6.42 Å². The van der Waals surface area contributed by atoms with Crippen LogP contribution in [0.2, 0.25) is 0 Å². The molecule has 0 atom stereocenters. The van der Waals surface area contributed by atoms with Crippen molar-refractivity contribution < 1.29 is 9.59 Å². The zero-order valence-corrected chi connectivity index (χ0v) is 18.7. The van der Waals surface area contributed by atoms with Gasteiger partial charge in [-0.3, -0.25) is 24.3 Å². The zero-order valence-electron chi connectivity index (χ0n) is 18.7. The first-order chi connectivity index (χ1) is 15.9. The number of H-pyrrole nitrogens is 1. The average Bonchev–Trinajstić information content (AvgIpc) is 2.85. The third kappa shape index (κ3) is 5.05. The molecule has 0 radical (unpaired) electrons. The maximum atomic E-state index is 12.8. The predicted octanol–water partition coefficient (Wildman–Crippen LogP) is 3.12.